The quantitative estimate of drug-likeness (QED) is 0.898. The fraction of sp³-hybridized carbons (Fsp3) is 0.867. The molecule has 0 bridgehead atoms. The zero-order valence-corrected chi connectivity index (χ0v) is 13.2. The number of nitrogens with zero attached hydrogens (tertiary/aromatic N) is 4. The molecule has 1 aliphatic rings. The van der Waals surface area contributed by atoms with E-state index in [1.54, 1.807) is 0 Å². The molecule has 5 heteroatoms. The maximum absolute atomic E-state index is 6.59. The van der Waals surface area contributed by atoms with E-state index in [-0.39, 0.29) is 11.6 Å². The second-order valence-corrected chi connectivity index (χ2v) is 6.41. The molecule has 1 aromatic rings. The number of nitrogens with two attached hydrogens (primary N) is 1. The van der Waals surface area contributed by atoms with E-state index in [9.17, 15) is 0 Å². The molecule has 1 aromatic heterocycles. The Labute approximate surface area is 122 Å². The van der Waals surface area contributed by atoms with Crippen molar-refractivity contribution in [3.8, 4) is 0 Å². The zero-order valence-electron chi connectivity index (χ0n) is 13.2. The summed E-state index contributed by atoms with van der Waals surface area (Å²) in [6.45, 7) is 9.85. The number of aromatic nitrogens is 3. The van der Waals surface area contributed by atoms with Crippen LogP contribution in [0.25, 0.3) is 0 Å². The van der Waals surface area contributed by atoms with Crippen molar-refractivity contribution in [1.29, 1.82) is 0 Å². The van der Waals surface area contributed by atoms with Gasteiger partial charge in [-0.3, -0.25) is 4.90 Å². The number of likely N-dealkylation sites (tertiary alicyclic amines) is 1. The lowest BCUT2D eigenvalue weighted by Gasteiger charge is -2.42. The van der Waals surface area contributed by atoms with Gasteiger partial charge < -0.3 is 5.73 Å². The van der Waals surface area contributed by atoms with E-state index in [4.69, 9.17) is 5.73 Å². The molecule has 0 aliphatic carbocycles. The number of rotatable bonds is 5. The van der Waals surface area contributed by atoms with Gasteiger partial charge in [0.15, 0.2) is 0 Å². The molecule has 2 rings (SSSR count). The lowest BCUT2D eigenvalue weighted by atomic mass is 9.90. The number of hydrogen-bond acceptors (Lipinski definition) is 4. The second kappa shape index (κ2) is 6.68. The van der Waals surface area contributed by atoms with Crippen molar-refractivity contribution in [1.82, 2.24) is 19.9 Å². The van der Waals surface area contributed by atoms with Crippen molar-refractivity contribution >= 4 is 0 Å². The highest BCUT2D eigenvalue weighted by molar-refractivity contribution is 5.10. The van der Waals surface area contributed by atoms with Gasteiger partial charge >= 0.3 is 0 Å². The van der Waals surface area contributed by atoms with Crippen LogP contribution in [0.1, 0.15) is 64.6 Å². The molecule has 1 atom stereocenters. The maximum Gasteiger partial charge on any atom is 0.0773 e. The average molecular weight is 279 g/mol. The summed E-state index contributed by atoms with van der Waals surface area (Å²) in [7, 11) is 0. The van der Waals surface area contributed by atoms with Gasteiger partial charge in [-0.15, -0.1) is 5.10 Å². The lowest BCUT2D eigenvalue weighted by Crippen LogP contribution is -2.52. The van der Waals surface area contributed by atoms with Gasteiger partial charge in [0.05, 0.1) is 17.9 Å². The summed E-state index contributed by atoms with van der Waals surface area (Å²) in [5, 5.41) is 8.23. The Morgan fingerprint density at radius 3 is 2.50 bits per heavy atom. The first-order valence-electron chi connectivity index (χ1n) is 7.96. The second-order valence-electron chi connectivity index (χ2n) is 6.41. The van der Waals surface area contributed by atoms with Crippen LogP contribution in [0.5, 0.6) is 0 Å². The highest BCUT2D eigenvalue weighted by Crippen LogP contribution is 2.30. The minimum Gasteiger partial charge on any atom is -0.321 e. The van der Waals surface area contributed by atoms with Crippen molar-refractivity contribution in [3.63, 3.8) is 0 Å². The van der Waals surface area contributed by atoms with Crippen LogP contribution >= 0.6 is 0 Å². The predicted octanol–water partition coefficient (Wildman–Crippen LogP) is 2.34. The molecule has 1 saturated heterocycles. The van der Waals surface area contributed by atoms with Gasteiger partial charge in [0.1, 0.15) is 0 Å². The third kappa shape index (κ3) is 3.20. The molecule has 0 saturated carbocycles. The normalized spacial score (nSPS) is 19.8. The third-order valence-corrected chi connectivity index (χ3v) is 4.58. The summed E-state index contributed by atoms with van der Waals surface area (Å²) in [6.07, 6.45) is 8.13. The first kappa shape index (κ1) is 15.4. The summed E-state index contributed by atoms with van der Waals surface area (Å²) < 4.78 is 1.96. The van der Waals surface area contributed by atoms with E-state index in [0.717, 1.165) is 31.7 Å². The maximum atomic E-state index is 6.59. The Bertz CT molecular complexity index is 404. The first-order chi connectivity index (χ1) is 9.57. The highest BCUT2D eigenvalue weighted by atomic mass is 15.4. The minimum absolute atomic E-state index is 0.0536. The summed E-state index contributed by atoms with van der Waals surface area (Å²) in [4.78, 5) is 2.55. The Morgan fingerprint density at radius 2 is 1.90 bits per heavy atom. The van der Waals surface area contributed by atoms with Crippen LogP contribution in [0.15, 0.2) is 6.20 Å². The van der Waals surface area contributed by atoms with Crippen molar-refractivity contribution in [3.05, 3.63) is 11.9 Å². The highest BCUT2D eigenvalue weighted by Gasteiger charge is 2.36. The van der Waals surface area contributed by atoms with Gasteiger partial charge in [-0.05, 0) is 46.2 Å². The molecule has 0 aromatic carbocycles. The fourth-order valence-electron chi connectivity index (χ4n) is 3.10. The van der Waals surface area contributed by atoms with Crippen LogP contribution in [0.4, 0.5) is 0 Å². The molecular weight excluding hydrogens is 250 g/mol. The summed E-state index contributed by atoms with van der Waals surface area (Å²) in [5.74, 6) is 0. The molecule has 1 fully saturated rings. The number of hydrogen-bond donors (Lipinski definition) is 1. The van der Waals surface area contributed by atoms with Crippen LogP contribution in [-0.4, -0.2) is 38.5 Å². The molecule has 1 unspecified atom stereocenters. The Kier molecular flexibility index (Phi) is 5.16. The van der Waals surface area contributed by atoms with Crippen molar-refractivity contribution in [2.75, 3.05) is 13.1 Å². The van der Waals surface area contributed by atoms with Gasteiger partial charge in [0.2, 0.25) is 0 Å². The Hall–Kier alpha value is -0.940. The Morgan fingerprint density at radius 1 is 1.25 bits per heavy atom. The third-order valence-electron chi connectivity index (χ3n) is 4.58. The average Bonchev–Trinajstić information content (AvgIpc) is 2.71. The lowest BCUT2D eigenvalue weighted by molar-refractivity contribution is 0.0948. The summed E-state index contributed by atoms with van der Waals surface area (Å²) in [6, 6.07) is -0.0536. The van der Waals surface area contributed by atoms with E-state index in [2.05, 4.69) is 36.0 Å². The van der Waals surface area contributed by atoms with Gasteiger partial charge in [-0.25, -0.2) is 4.68 Å². The predicted molar refractivity (Wildman–Crippen MR) is 81.4 cm³/mol. The van der Waals surface area contributed by atoms with Crippen molar-refractivity contribution < 1.29 is 0 Å². The smallest absolute Gasteiger partial charge is 0.0773 e. The molecule has 5 nitrogen and oxygen atoms in total. The molecule has 1 aliphatic heterocycles. The SMILES string of the molecule is CCCn1nncc1C(N)C(C)(C)N1CCCCCC1. The largest absolute Gasteiger partial charge is 0.321 e. The van der Waals surface area contributed by atoms with E-state index in [1.807, 2.05) is 10.9 Å². The van der Waals surface area contributed by atoms with E-state index in [1.165, 1.54) is 25.7 Å². The van der Waals surface area contributed by atoms with Crippen LogP contribution < -0.4 is 5.73 Å². The van der Waals surface area contributed by atoms with E-state index < -0.39 is 0 Å². The van der Waals surface area contributed by atoms with Gasteiger partial charge in [-0.2, -0.15) is 0 Å². The van der Waals surface area contributed by atoms with E-state index in [0.29, 0.717) is 0 Å². The van der Waals surface area contributed by atoms with Gasteiger partial charge in [0, 0.05) is 12.1 Å². The fourth-order valence-corrected chi connectivity index (χ4v) is 3.10. The minimum atomic E-state index is -0.0580. The Balaban J connectivity index is 2.16. The van der Waals surface area contributed by atoms with Crippen LogP contribution in [-0.2, 0) is 6.54 Å². The van der Waals surface area contributed by atoms with Crippen molar-refractivity contribution in [2.45, 2.75) is 71.0 Å². The molecule has 0 radical (unpaired) electrons. The first-order valence-corrected chi connectivity index (χ1v) is 7.96. The van der Waals surface area contributed by atoms with Gasteiger partial charge in [0.25, 0.3) is 0 Å². The monoisotopic (exact) mass is 279 g/mol. The number of aryl methyl sites for hydroxylation is 1. The topological polar surface area (TPSA) is 60.0 Å². The van der Waals surface area contributed by atoms with Crippen molar-refractivity contribution in [2.24, 2.45) is 5.73 Å². The molecule has 20 heavy (non-hydrogen) atoms. The standard InChI is InChI=1S/C15H29N5/c1-4-9-20-13(12-17-18-20)14(16)15(2,3)19-10-7-5-6-8-11-19/h12,14H,4-11,16H2,1-3H3. The van der Waals surface area contributed by atoms with Crippen LogP contribution in [0.3, 0.4) is 0 Å². The molecule has 114 valence electrons. The van der Waals surface area contributed by atoms with Crippen LogP contribution in [0.2, 0.25) is 0 Å². The molecule has 2 N–H and O–H groups in total. The molecule has 0 spiro atoms. The van der Waals surface area contributed by atoms with E-state index >= 15 is 0 Å². The molecule has 0 amide bonds. The molecular formula is C15H29N5. The summed E-state index contributed by atoms with van der Waals surface area (Å²) >= 11 is 0. The van der Waals surface area contributed by atoms with Crippen LogP contribution in [0, 0.1) is 0 Å². The zero-order chi connectivity index (χ0) is 14.6. The summed E-state index contributed by atoms with van der Waals surface area (Å²) in [5.41, 5.74) is 7.59. The van der Waals surface area contributed by atoms with Gasteiger partial charge in [-0.1, -0.05) is 25.0 Å². The molecule has 2 heterocycles.